The SMILES string of the molecule is CN=C(NCc1nc(C)c(C)o1)NCc1ccccc1CN1CCCC(C)C1. The Bertz CT molecular complexity index is 778. The van der Waals surface area contributed by atoms with Gasteiger partial charge in [-0.2, -0.15) is 0 Å². The van der Waals surface area contributed by atoms with Crippen molar-refractivity contribution in [2.45, 2.75) is 53.2 Å². The maximum atomic E-state index is 5.62. The highest BCUT2D eigenvalue weighted by molar-refractivity contribution is 5.79. The van der Waals surface area contributed by atoms with Gasteiger partial charge in [-0.3, -0.25) is 9.89 Å². The van der Waals surface area contributed by atoms with Gasteiger partial charge in [0.15, 0.2) is 5.96 Å². The van der Waals surface area contributed by atoms with E-state index in [9.17, 15) is 0 Å². The van der Waals surface area contributed by atoms with Crippen LogP contribution in [0.25, 0.3) is 0 Å². The molecule has 2 N–H and O–H groups in total. The number of likely N-dealkylation sites (tertiary alicyclic amines) is 1. The lowest BCUT2D eigenvalue weighted by atomic mass is 9.99. The van der Waals surface area contributed by atoms with Gasteiger partial charge in [0.05, 0.1) is 12.2 Å². The number of piperidine rings is 1. The summed E-state index contributed by atoms with van der Waals surface area (Å²) in [6.07, 6.45) is 2.66. The highest BCUT2D eigenvalue weighted by atomic mass is 16.4. The number of benzene rings is 1. The van der Waals surface area contributed by atoms with Gasteiger partial charge in [0, 0.05) is 26.7 Å². The predicted octanol–water partition coefficient (Wildman–Crippen LogP) is 3.39. The number of rotatable bonds is 6. The summed E-state index contributed by atoms with van der Waals surface area (Å²) in [6.45, 7) is 10.9. The Morgan fingerprint density at radius 1 is 1.21 bits per heavy atom. The molecule has 0 radical (unpaired) electrons. The van der Waals surface area contributed by atoms with E-state index in [2.05, 4.69) is 56.7 Å². The van der Waals surface area contributed by atoms with E-state index in [1.807, 2.05) is 13.8 Å². The molecule has 1 aromatic carbocycles. The third kappa shape index (κ3) is 5.58. The van der Waals surface area contributed by atoms with E-state index in [1.165, 1.54) is 37.1 Å². The summed E-state index contributed by atoms with van der Waals surface area (Å²) >= 11 is 0. The smallest absolute Gasteiger partial charge is 0.214 e. The molecule has 1 unspecified atom stereocenters. The van der Waals surface area contributed by atoms with Crippen LogP contribution in [-0.4, -0.2) is 36.0 Å². The van der Waals surface area contributed by atoms with E-state index < -0.39 is 0 Å². The van der Waals surface area contributed by atoms with E-state index >= 15 is 0 Å². The Labute approximate surface area is 168 Å². The standard InChI is InChI=1S/C22H33N5O/c1-16-8-7-11-27(14-16)15-20-10-6-5-9-19(20)12-24-22(23-4)25-13-21-26-17(2)18(3)28-21/h5-6,9-10,16H,7-8,11-15H2,1-4H3,(H2,23,24,25). The van der Waals surface area contributed by atoms with Crippen LogP contribution in [0.3, 0.4) is 0 Å². The summed E-state index contributed by atoms with van der Waals surface area (Å²) in [4.78, 5) is 11.3. The first-order chi connectivity index (χ1) is 13.5. The molecule has 2 aromatic rings. The zero-order chi connectivity index (χ0) is 19.9. The molecule has 152 valence electrons. The largest absolute Gasteiger partial charge is 0.444 e. The highest BCUT2D eigenvalue weighted by Crippen LogP contribution is 2.19. The van der Waals surface area contributed by atoms with Gasteiger partial charge >= 0.3 is 0 Å². The second-order valence-electron chi connectivity index (χ2n) is 7.78. The fourth-order valence-corrected chi connectivity index (χ4v) is 3.73. The lowest BCUT2D eigenvalue weighted by molar-refractivity contribution is 0.176. The quantitative estimate of drug-likeness (QED) is 0.591. The number of aliphatic imine (C=N–C) groups is 1. The molecule has 0 bridgehead atoms. The molecule has 2 heterocycles. The Morgan fingerprint density at radius 3 is 2.64 bits per heavy atom. The number of hydrogen-bond donors (Lipinski definition) is 2. The van der Waals surface area contributed by atoms with Crippen LogP contribution < -0.4 is 10.6 Å². The fourth-order valence-electron chi connectivity index (χ4n) is 3.73. The topological polar surface area (TPSA) is 65.7 Å². The predicted molar refractivity (Wildman–Crippen MR) is 113 cm³/mol. The Morgan fingerprint density at radius 2 is 1.96 bits per heavy atom. The molecule has 1 fully saturated rings. The third-order valence-electron chi connectivity index (χ3n) is 5.40. The lowest BCUT2D eigenvalue weighted by Crippen LogP contribution is -2.37. The van der Waals surface area contributed by atoms with Crippen molar-refractivity contribution in [3.05, 3.63) is 52.7 Å². The Balaban J connectivity index is 1.55. The van der Waals surface area contributed by atoms with Crippen LogP contribution in [-0.2, 0) is 19.6 Å². The minimum absolute atomic E-state index is 0.516. The Kier molecular flexibility index (Phi) is 7.09. The van der Waals surface area contributed by atoms with Crippen molar-refractivity contribution in [3.63, 3.8) is 0 Å². The first-order valence-electron chi connectivity index (χ1n) is 10.2. The molecule has 6 heteroatoms. The van der Waals surface area contributed by atoms with Gasteiger partial charge in [-0.1, -0.05) is 31.2 Å². The molecule has 0 amide bonds. The molecule has 3 rings (SSSR count). The molecule has 0 saturated carbocycles. The maximum Gasteiger partial charge on any atom is 0.214 e. The van der Waals surface area contributed by atoms with Crippen molar-refractivity contribution in [1.29, 1.82) is 0 Å². The second kappa shape index (κ2) is 9.73. The van der Waals surface area contributed by atoms with Gasteiger partial charge in [0.1, 0.15) is 5.76 Å². The zero-order valence-electron chi connectivity index (χ0n) is 17.6. The Hall–Kier alpha value is -2.34. The van der Waals surface area contributed by atoms with Gasteiger partial charge in [-0.05, 0) is 50.3 Å². The van der Waals surface area contributed by atoms with E-state index in [-0.39, 0.29) is 0 Å². The molecule has 0 aliphatic carbocycles. The van der Waals surface area contributed by atoms with Crippen LogP contribution in [0.4, 0.5) is 0 Å². The fraction of sp³-hybridized carbons (Fsp3) is 0.545. The minimum atomic E-state index is 0.516. The molecule has 1 aliphatic rings. The van der Waals surface area contributed by atoms with Crippen molar-refractivity contribution >= 4 is 5.96 Å². The summed E-state index contributed by atoms with van der Waals surface area (Å²) in [5.74, 6) is 3.08. The first kappa shape index (κ1) is 20.4. The summed E-state index contributed by atoms with van der Waals surface area (Å²) in [5.41, 5.74) is 3.63. The number of aromatic nitrogens is 1. The van der Waals surface area contributed by atoms with Gasteiger partial charge in [0.2, 0.25) is 5.89 Å². The summed E-state index contributed by atoms with van der Waals surface area (Å²) in [5, 5.41) is 6.69. The average Bonchev–Trinajstić information content (AvgIpc) is 3.01. The molecule has 1 atom stereocenters. The summed E-state index contributed by atoms with van der Waals surface area (Å²) in [6, 6.07) is 8.68. The average molecular weight is 384 g/mol. The normalized spacial score (nSPS) is 18.3. The van der Waals surface area contributed by atoms with E-state index in [0.29, 0.717) is 12.4 Å². The molecular formula is C22H33N5O. The van der Waals surface area contributed by atoms with E-state index in [4.69, 9.17) is 4.42 Å². The van der Waals surface area contributed by atoms with Crippen LogP contribution in [0, 0.1) is 19.8 Å². The summed E-state index contributed by atoms with van der Waals surface area (Å²) < 4.78 is 5.62. The minimum Gasteiger partial charge on any atom is -0.444 e. The van der Waals surface area contributed by atoms with Crippen LogP contribution in [0.15, 0.2) is 33.7 Å². The number of hydrogen-bond acceptors (Lipinski definition) is 4. The van der Waals surface area contributed by atoms with Gasteiger partial charge in [0.25, 0.3) is 0 Å². The monoisotopic (exact) mass is 383 g/mol. The number of aryl methyl sites for hydroxylation is 2. The number of oxazole rings is 1. The van der Waals surface area contributed by atoms with E-state index in [1.54, 1.807) is 7.05 Å². The number of nitrogens with zero attached hydrogens (tertiary/aromatic N) is 3. The molecular weight excluding hydrogens is 350 g/mol. The second-order valence-corrected chi connectivity index (χ2v) is 7.78. The van der Waals surface area contributed by atoms with Crippen molar-refractivity contribution < 1.29 is 4.42 Å². The van der Waals surface area contributed by atoms with Crippen LogP contribution in [0.1, 0.15) is 48.2 Å². The molecule has 1 saturated heterocycles. The number of nitrogens with one attached hydrogen (secondary N) is 2. The number of guanidine groups is 1. The van der Waals surface area contributed by atoms with Gasteiger partial charge in [-0.15, -0.1) is 0 Å². The maximum absolute atomic E-state index is 5.62. The molecule has 28 heavy (non-hydrogen) atoms. The third-order valence-corrected chi connectivity index (χ3v) is 5.40. The van der Waals surface area contributed by atoms with Crippen LogP contribution in [0.5, 0.6) is 0 Å². The van der Waals surface area contributed by atoms with Crippen molar-refractivity contribution in [2.24, 2.45) is 10.9 Å². The van der Waals surface area contributed by atoms with Gasteiger partial charge < -0.3 is 15.1 Å². The zero-order valence-corrected chi connectivity index (χ0v) is 17.6. The molecule has 6 nitrogen and oxygen atoms in total. The van der Waals surface area contributed by atoms with Crippen molar-refractivity contribution in [2.75, 3.05) is 20.1 Å². The first-order valence-corrected chi connectivity index (χ1v) is 10.2. The van der Waals surface area contributed by atoms with Gasteiger partial charge in [-0.25, -0.2) is 4.98 Å². The summed E-state index contributed by atoms with van der Waals surface area (Å²) in [7, 11) is 1.78. The lowest BCUT2D eigenvalue weighted by Gasteiger charge is -2.31. The molecule has 1 aliphatic heterocycles. The molecule has 0 spiro atoms. The van der Waals surface area contributed by atoms with Crippen molar-refractivity contribution in [3.8, 4) is 0 Å². The van der Waals surface area contributed by atoms with Crippen LogP contribution in [0.2, 0.25) is 0 Å². The van der Waals surface area contributed by atoms with Crippen LogP contribution >= 0.6 is 0 Å². The molecule has 1 aromatic heterocycles. The van der Waals surface area contributed by atoms with E-state index in [0.717, 1.165) is 36.4 Å². The van der Waals surface area contributed by atoms with Crippen molar-refractivity contribution in [1.82, 2.24) is 20.5 Å². The highest BCUT2D eigenvalue weighted by Gasteiger charge is 2.17.